The van der Waals surface area contributed by atoms with Gasteiger partial charge in [-0.15, -0.1) is 0 Å². The first-order chi connectivity index (χ1) is 8.27. The Morgan fingerprint density at radius 1 is 1.29 bits per heavy atom. The second-order valence-corrected chi connectivity index (χ2v) is 4.47. The lowest BCUT2D eigenvalue weighted by Crippen LogP contribution is -2.24. The summed E-state index contributed by atoms with van der Waals surface area (Å²) >= 11 is 0. The molecule has 4 heteroatoms. The number of likely N-dealkylation sites (N-methyl/N-ethyl adjacent to an activating group) is 1. The van der Waals surface area contributed by atoms with Gasteiger partial charge in [-0.05, 0) is 13.1 Å². The molecular formula is C13H15NO3. The summed E-state index contributed by atoms with van der Waals surface area (Å²) in [5, 5.41) is 0. The Morgan fingerprint density at radius 3 is 2.88 bits per heavy atom. The second kappa shape index (κ2) is 4.04. The number of fused-ring (bicyclic) bond motifs is 1. The molecule has 1 aromatic rings. The Labute approximate surface area is 100 Å². The summed E-state index contributed by atoms with van der Waals surface area (Å²) in [7, 11) is 1.97. The fourth-order valence-corrected chi connectivity index (χ4v) is 2.52. The van der Waals surface area contributed by atoms with Crippen molar-refractivity contribution >= 4 is 5.78 Å². The Morgan fingerprint density at radius 2 is 2.12 bits per heavy atom. The monoisotopic (exact) mass is 233 g/mol. The van der Waals surface area contributed by atoms with Crippen molar-refractivity contribution in [2.45, 2.75) is 12.5 Å². The normalized spacial score (nSPS) is 24.1. The van der Waals surface area contributed by atoms with Gasteiger partial charge in [0.25, 0.3) is 0 Å². The van der Waals surface area contributed by atoms with Gasteiger partial charge in [0.05, 0.1) is 6.04 Å². The zero-order chi connectivity index (χ0) is 11.8. The Kier molecular flexibility index (Phi) is 2.52. The average Bonchev–Trinajstić information content (AvgIpc) is 2.69. The number of carbonyl (C=O) groups excluding carboxylic acids is 1. The zero-order valence-corrected chi connectivity index (χ0v) is 9.81. The van der Waals surface area contributed by atoms with Crippen molar-refractivity contribution in [2.24, 2.45) is 0 Å². The van der Waals surface area contributed by atoms with Gasteiger partial charge in [-0.25, -0.2) is 0 Å². The molecule has 2 heterocycles. The number of para-hydroxylation sites is 1. The second-order valence-electron chi connectivity index (χ2n) is 4.47. The van der Waals surface area contributed by atoms with Crippen molar-refractivity contribution < 1.29 is 14.3 Å². The van der Waals surface area contributed by atoms with Crippen LogP contribution in [0.3, 0.4) is 0 Å². The lowest BCUT2D eigenvalue weighted by molar-refractivity contribution is -0.119. The largest absolute Gasteiger partial charge is 0.486 e. The van der Waals surface area contributed by atoms with E-state index in [9.17, 15) is 4.79 Å². The van der Waals surface area contributed by atoms with Crippen LogP contribution in [-0.4, -0.2) is 37.5 Å². The summed E-state index contributed by atoms with van der Waals surface area (Å²) in [6.07, 6.45) is 0.617. The molecule has 0 bridgehead atoms. The summed E-state index contributed by atoms with van der Waals surface area (Å²) in [6.45, 7) is 1.94. The standard InChI is InChI=1S/C13H15NO3/c1-14-6-5-10(15)12(14)9-3-2-4-11-13(9)17-8-7-16-11/h2-4,12H,5-8H2,1H3. The van der Waals surface area contributed by atoms with Gasteiger partial charge < -0.3 is 9.47 Å². The maximum Gasteiger partial charge on any atom is 0.166 e. The minimum atomic E-state index is -0.174. The van der Waals surface area contributed by atoms with E-state index in [1.165, 1.54) is 0 Å². The highest BCUT2D eigenvalue weighted by Crippen LogP contribution is 2.40. The molecule has 0 saturated carbocycles. The van der Waals surface area contributed by atoms with Gasteiger partial charge in [0.15, 0.2) is 17.3 Å². The lowest BCUT2D eigenvalue weighted by atomic mass is 10.0. The first kappa shape index (κ1) is 10.6. The maximum atomic E-state index is 11.9. The van der Waals surface area contributed by atoms with Crippen molar-refractivity contribution in [3.8, 4) is 11.5 Å². The van der Waals surface area contributed by atoms with Crippen LogP contribution in [0.5, 0.6) is 11.5 Å². The van der Waals surface area contributed by atoms with Crippen LogP contribution in [0.4, 0.5) is 0 Å². The number of ketones is 1. The quantitative estimate of drug-likeness (QED) is 0.735. The van der Waals surface area contributed by atoms with Crippen molar-refractivity contribution in [2.75, 3.05) is 26.8 Å². The van der Waals surface area contributed by atoms with Crippen LogP contribution in [0.2, 0.25) is 0 Å². The van der Waals surface area contributed by atoms with E-state index in [1.54, 1.807) is 0 Å². The molecule has 1 aromatic carbocycles. The van der Waals surface area contributed by atoms with E-state index < -0.39 is 0 Å². The van der Waals surface area contributed by atoms with Crippen LogP contribution in [-0.2, 0) is 4.79 Å². The van der Waals surface area contributed by atoms with Gasteiger partial charge in [0.2, 0.25) is 0 Å². The van der Waals surface area contributed by atoms with Gasteiger partial charge in [-0.2, -0.15) is 0 Å². The molecule has 1 unspecified atom stereocenters. The topological polar surface area (TPSA) is 38.8 Å². The first-order valence-corrected chi connectivity index (χ1v) is 5.89. The Hall–Kier alpha value is -1.55. The minimum Gasteiger partial charge on any atom is -0.486 e. The molecule has 0 spiro atoms. The predicted molar refractivity (Wildman–Crippen MR) is 62.4 cm³/mol. The lowest BCUT2D eigenvalue weighted by Gasteiger charge is -2.25. The number of carbonyl (C=O) groups is 1. The van der Waals surface area contributed by atoms with Crippen molar-refractivity contribution in [3.05, 3.63) is 23.8 Å². The van der Waals surface area contributed by atoms with E-state index in [1.807, 2.05) is 25.2 Å². The van der Waals surface area contributed by atoms with Crippen LogP contribution in [0.1, 0.15) is 18.0 Å². The molecule has 4 nitrogen and oxygen atoms in total. The number of rotatable bonds is 1. The molecule has 0 aliphatic carbocycles. The third kappa shape index (κ3) is 1.69. The van der Waals surface area contributed by atoms with E-state index >= 15 is 0 Å². The van der Waals surface area contributed by atoms with Gasteiger partial charge in [0.1, 0.15) is 13.2 Å². The summed E-state index contributed by atoms with van der Waals surface area (Å²) in [4.78, 5) is 14.0. The fourth-order valence-electron chi connectivity index (χ4n) is 2.52. The summed E-state index contributed by atoms with van der Waals surface area (Å²) in [5.74, 6) is 1.75. The summed E-state index contributed by atoms with van der Waals surface area (Å²) in [5.41, 5.74) is 0.937. The molecule has 17 heavy (non-hydrogen) atoms. The predicted octanol–water partition coefficient (Wildman–Crippen LogP) is 1.40. The van der Waals surface area contributed by atoms with Crippen LogP contribution in [0.25, 0.3) is 0 Å². The number of hydrogen-bond acceptors (Lipinski definition) is 4. The number of likely N-dealkylation sites (tertiary alicyclic amines) is 1. The molecule has 0 aromatic heterocycles. The number of hydrogen-bond donors (Lipinski definition) is 0. The number of ether oxygens (including phenoxy) is 2. The smallest absolute Gasteiger partial charge is 0.166 e. The first-order valence-electron chi connectivity index (χ1n) is 5.89. The van der Waals surface area contributed by atoms with Crippen molar-refractivity contribution in [1.29, 1.82) is 0 Å². The van der Waals surface area contributed by atoms with Gasteiger partial charge in [-0.3, -0.25) is 9.69 Å². The van der Waals surface area contributed by atoms with Crippen molar-refractivity contribution in [1.82, 2.24) is 4.90 Å². The third-order valence-corrected chi connectivity index (χ3v) is 3.35. The van der Waals surface area contributed by atoms with Gasteiger partial charge >= 0.3 is 0 Å². The number of Topliss-reactive ketones (excluding diaryl/α,β-unsaturated/α-hetero) is 1. The molecular weight excluding hydrogens is 218 g/mol. The van der Waals surface area contributed by atoms with E-state index in [0.717, 1.165) is 23.6 Å². The van der Waals surface area contributed by atoms with E-state index in [4.69, 9.17) is 9.47 Å². The summed E-state index contributed by atoms with van der Waals surface area (Å²) in [6, 6.07) is 5.59. The molecule has 0 amide bonds. The molecule has 0 radical (unpaired) electrons. The Balaban J connectivity index is 2.05. The minimum absolute atomic E-state index is 0.174. The number of nitrogens with zero attached hydrogens (tertiary/aromatic N) is 1. The zero-order valence-electron chi connectivity index (χ0n) is 9.81. The maximum absolute atomic E-state index is 11.9. The average molecular weight is 233 g/mol. The van der Waals surface area contributed by atoms with E-state index in [-0.39, 0.29) is 11.8 Å². The fraction of sp³-hybridized carbons (Fsp3) is 0.462. The molecule has 0 N–H and O–H groups in total. The highest BCUT2D eigenvalue weighted by atomic mass is 16.6. The highest BCUT2D eigenvalue weighted by Gasteiger charge is 2.34. The molecule has 3 rings (SSSR count). The Bertz CT molecular complexity index is 458. The van der Waals surface area contributed by atoms with E-state index in [0.29, 0.717) is 19.6 Å². The van der Waals surface area contributed by atoms with Gasteiger partial charge in [-0.1, -0.05) is 12.1 Å². The van der Waals surface area contributed by atoms with Crippen LogP contribution in [0, 0.1) is 0 Å². The molecule has 1 fully saturated rings. The van der Waals surface area contributed by atoms with Crippen LogP contribution >= 0.6 is 0 Å². The molecule has 2 aliphatic rings. The molecule has 90 valence electrons. The van der Waals surface area contributed by atoms with Crippen LogP contribution in [0.15, 0.2) is 18.2 Å². The molecule has 1 saturated heterocycles. The van der Waals surface area contributed by atoms with Crippen LogP contribution < -0.4 is 9.47 Å². The number of benzene rings is 1. The molecule has 1 atom stereocenters. The van der Waals surface area contributed by atoms with Gasteiger partial charge in [0, 0.05) is 18.5 Å². The van der Waals surface area contributed by atoms with E-state index in [2.05, 4.69) is 4.90 Å². The molecule has 2 aliphatic heterocycles. The highest BCUT2D eigenvalue weighted by molar-refractivity contribution is 5.88. The van der Waals surface area contributed by atoms with Crippen molar-refractivity contribution in [3.63, 3.8) is 0 Å². The SMILES string of the molecule is CN1CCC(=O)C1c1cccc2c1OCCO2. The summed E-state index contributed by atoms with van der Waals surface area (Å²) < 4.78 is 11.2. The third-order valence-electron chi connectivity index (χ3n) is 3.35.